The highest BCUT2D eigenvalue weighted by molar-refractivity contribution is 7.89. The maximum Gasteiger partial charge on any atom is 0.243 e. The van der Waals surface area contributed by atoms with Crippen LogP contribution in [0, 0.1) is 0 Å². The summed E-state index contributed by atoms with van der Waals surface area (Å²) >= 11 is 0. The lowest BCUT2D eigenvalue weighted by Crippen LogP contribution is -2.53. The number of benzene rings is 1. The Labute approximate surface area is 188 Å². The van der Waals surface area contributed by atoms with Crippen LogP contribution in [-0.4, -0.2) is 92.0 Å². The molecule has 1 atom stereocenters. The number of amides is 1. The van der Waals surface area contributed by atoms with Crippen LogP contribution in [0.15, 0.2) is 47.6 Å². The van der Waals surface area contributed by atoms with Gasteiger partial charge in [-0.3, -0.25) is 9.69 Å². The van der Waals surface area contributed by atoms with Gasteiger partial charge in [0.05, 0.1) is 24.2 Å². The maximum atomic E-state index is 12.9. The van der Waals surface area contributed by atoms with E-state index in [2.05, 4.69) is 25.1 Å². The van der Waals surface area contributed by atoms with Crippen LogP contribution >= 0.6 is 0 Å². The third-order valence-electron chi connectivity index (χ3n) is 5.79. The molecule has 172 valence electrons. The molecule has 2 aliphatic heterocycles. The van der Waals surface area contributed by atoms with Crippen LogP contribution in [0.3, 0.4) is 0 Å². The molecule has 1 aromatic heterocycles. The predicted octanol–water partition coefficient (Wildman–Crippen LogP) is 0.647. The van der Waals surface area contributed by atoms with Crippen LogP contribution in [0.2, 0.25) is 0 Å². The van der Waals surface area contributed by atoms with Gasteiger partial charge in [0.25, 0.3) is 0 Å². The van der Waals surface area contributed by atoms with Crippen molar-refractivity contribution in [3.63, 3.8) is 0 Å². The molecule has 0 spiro atoms. The molecule has 10 nitrogen and oxygen atoms in total. The number of nitrogens with one attached hydrogen (secondary N) is 1. The monoisotopic (exact) mass is 460 g/mol. The minimum atomic E-state index is -3.62. The van der Waals surface area contributed by atoms with E-state index in [4.69, 9.17) is 4.74 Å². The Morgan fingerprint density at radius 2 is 1.72 bits per heavy atom. The summed E-state index contributed by atoms with van der Waals surface area (Å²) in [6.07, 6.45) is 3.44. The van der Waals surface area contributed by atoms with Crippen LogP contribution in [0.5, 0.6) is 0 Å². The van der Waals surface area contributed by atoms with E-state index >= 15 is 0 Å². The lowest BCUT2D eigenvalue weighted by atomic mass is 10.2. The van der Waals surface area contributed by atoms with Gasteiger partial charge in [-0.15, -0.1) is 0 Å². The molecule has 2 fully saturated rings. The number of piperazine rings is 1. The fourth-order valence-electron chi connectivity index (χ4n) is 3.85. The van der Waals surface area contributed by atoms with Crippen LogP contribution in [-0.2, 0) is 19.6 Å². The Bertz CT molecular complexity index is 1020. The molecular weight excluding hydrogens is 432 g/mol. The quantitative estimate of drug-likeness (QED) is 0.669. The van der Waals surface area contributed by atoms with Gasteiger partial charge in [-0.2, -0.15) is 4.31 Å². The molecule has 1 aromatic carbocycles. The van der Waals surface area contributed by atoms with E-state index in [9.17, 15) is 13.2 Å². The standard InChI is InChI=1S/C21H28N6O4S/c1-17(25-8-10-26(11-9-25)21-22-6-3-7-23-21)20(28)24-18-4-2-5-19(16-18)32(29,30)27-12-14-31-15-13-27/h2-7,16-17H,8-15H2,1H3,(H,24,28)/t17-/m1/s1. The second kappa shape index (κ2) is 9.90. The van der Waals surface area contributed by atoms with Crippen molar-refractivity contribution in [3.8, 4) is 0 Å². The van der Waals surface area contributed by atoms with Crippen molar-refractivity contribution in [1.29, 1.82) is 0 Å². The minimum absolute atomic E-state index is 0.168. The first kappa shape index (κ1) is 22.6. The van der Waals surface area contributed by atoms with Crippen molar-refractivity contribution in [3.05, 3.63) is 42.7 Å². The first-order chi connectivity index (χ1) is 15.4. The van der Waals surface area contributed by atoms with Crippen molar-refractivity contribution in [1.82, 2.24) is 19.2 Å². The number of carbonyl (C=O) groups excluding carboxylic acids is 1. The Morgan fingerprint density at radius 3 is 2.41 bits per heavy atom. The Balaban J connectivity index is 1.36. The number of ether oxygens (including phenoxy) is 1. The fraction of sp³-hybridized carbons (Fsp3) is 0.476. The summed E-state index contributed by atoms with van der Waals surface area (Å²) in [4.78, 5) is 25.8. The van der Waals surface area contributed by atoms with Gasteiger partial charge in [-0.1, -0.05) is 6.07 Å². The van der Waals surface area contributed by atoms with Crippen LogP contribution in [0.25, 0.3) is 0 Å². The zero-order valence-electron chi connectivity index (χ0n) is 18.1. The molecule has 3 heterocycles. The SMILES string of the molecule is C[C@H](C(=O)Nc1cccc(S(=O)(=O)N2CCOCC2)c1)N1CCN(c2ncccn2)CC1. The van der Waals surface area contributed by atoms with Crippen molar-refractivity contribution in [2.24, 2.45) is 0 Å². The van der Waals surface area contributed by atoms with E-state index in [1.165, 1.54) is 10.4 Å². The molecule has 2 aliphatic rings. The topological polar surface area (TPSA) is 108 Å². The summed E-state index contributed by atoms with van der Waals surface area (Å²) in [6.45, 7) is 6.16. The summed E-state index contributed by atoms with van der Waals surface area (Å²) in [6, 6.07) is 7.84. The maximum absolute atomic E-state index is 12.9. The number of anilines is 2. The first-order valence-corrected chi connectivity index (χ1v) is 12.1. The largest absolute Gasteiger partial charge is 0.379 e. The number of nitrogens with zero attached hydrogens (tertiary/aromatic N) is 5. The highest BCUT2D eigenvalue weighted by atomic mass is 32.2. The number of hydrogen-bond acceptors (Lipinski definition) is 8. The van der Waals surface area contributed by atoms with Crippen molar-refractivity contribution in [2.45, 2.75) is 17.9 Å². The normalized spacial score (nSPS) is 19.5. The molecule has 2 saturated heterocycles. The molecule has 0 bridgehead atoms. The van der Waals surface area contributed by atoms with Crippen LogP contribution in [0.1, 0.15) is 6.92 Å². The molecule has 0 aliphatic carbocycles. The van der Waals surface area contributed by atoms with Crippen molar-refractivity contribution < 1.29 is 17.9 Å². The molecule has 2 aromatic rings. The number of hydrogen-bond donors (Lipinski definition) is 1. The van der Waals surface area contributed by atoms with Gasteiger partial charge < -0.3 is 15.0 Å². The van der Waals surface area contributed by atoms with Gasteiger partial charge >= 0.3 is 0 Å². The second-order valence-corrected chi connectivity index (χ2v) is 9.72. The summed E-state index contributed by atoms with van der Waals surface area (Å²) in [5.74, 6) is 0.526. The number of sulfonamides is 1. The molecule has 1 amide bonds. The van der Waals surface area contributed by atoms with Gasteiger partial charge in [0.2, 0.25) is 21.9 Å². The third-order valence-corrected chi connectivity index (χ3v) is 7.68. The molecule has 1 N–H and O–H groups in total. The van der Waals surface area contributed by atoms with E-state index in [1.807, 2.05) is 6.92 Å². The van der Waals surface area contributed by atoms with Crippen LogP contribution in [0.4, 0.5) is 11.6 Å². The molecule has 0 saturated carbocycles. The second-order valence-electron chi connectivity index (χ2n) is 7.78. The van der Waals surface area contributed by atoms with E-state index in [0.717, 1.165) is 13.1 Å². The van der Waals surface area contributed by atoms with Gasteiger partial charge in [0, 0.05) is 57.3 Å². The zero-order valence-corrected chi connectivity index (χ0v) is 18.9. The van der Waals surface area contributed by atoms with Gasteiger partial charge in [-0.25, -0.2) is 18.4 Å². The fourth-order valence-corrected chi connectivity index (χ4v) is 5.30. The number of carbonyl (C=O) groups is 1. The summed E-state index contributed by atoms with van der Waals surface area (Å²) in [7, 11) is -3.62. The van der Waals surface area contributed by atoms with Gasteiger partial charge in [0.15, 0.2) is 0 Å². The van der Waals surface area contributed by atoms with Crippen molar-refractivity contribution in [2.75, 3.05) is 62.7 Å². The zero-order chi connectivity index (χ0) is 22.6. The number of aromatic nitrogens is 2. The molecule has 32 heavy (non-hydrogen) atoms. The lowest BCUT2D eigenvalue weighted by molar-refractivity contribution is -0.120. The van der Waals surface area contributed by atoms with Gasteiger partial charge in [-0.05, 0) is 31.2 Å². The smallest absolute Gasteiger partial charge is 0.243 e. The van der Waals surface area contributed by atoms with E-state index in [1.54, 1.807) is 36.7 Å². The van der Waals surface area contributed by atoms with E-state index in [0.29, 0.717) is 51.0 Å². The number of rotatable bonds is 6. The average molecular weight is 461 g/mol. The minimum Gasteiger partial charge on any atom is -0.379 e. The predicted molar refractivity (Wildman–Crippen MR) is 120 cm³/mol. The Hall–Kier alpha value is -2.60. The van der Waals surface area contributed by atoms with Gasteiger partial charge in [0.1, 0.15) is 0 Å². The molecule has 11 heteroatoms. The first-order valence-electron chi connectivity index (χ1n) is 10.7. The molecule has 0 unspecified atom stereocenters. The molecule has 4 rings (SSSR count). The third kappa shape index (κ3) is 5.07. The highest BCUT2D eigenvalue weighted by Gasteiger charge is 2.28. The van der Waals surface area contributed by atoms with E-state index < -0.39 is 10.0 Å². The Morgan fingerprint density at radius 1 is 1.03 bits per heavy atom. The summed E-state index contributed by atoms with van der Waals surface area (Å²) in [5, 5.41) is 2.87. The van der Waals surface area contributed by atoms with Crippen LogP contribution < -0.4 is 10.2 Å². The van der Waals surface area contributed by atoms with Crippen molar-refractivity contribution >= 4 is 27.6 Å². The summed E-state index contributed by atoms with van der Waals surface area (Å²) < 4.78 is 32.4. The molecule has 0 radical (unpaired) electrons. The number of morpholine rings is 1. The highest BCUT2D eigenvalue weighted by Crippen LogP contribution is 2.21. The summed E-state index contributed by atoms with van der Waals surface area (Å²) in [5.41, 5.74) is 0.465. The lowest BCUT2D eigenvalue weighted by Gasteiger charge is -2.37. The average Bonchev–Trinajstić information content (AvgIpc) is 2.85. The Kier molecular flexibility index (Phi) is 6.99. The molecular formula is C21H28N6O4S. The van der Waals surface area contributed by atoms with E-state index in [-0.39, 0.29) is 16.8 Å².